The number of nitrogens with one attached hydrogen (secondary N) is 1. The molecule has 3 aromatic carbocycles. The second kappa shape index (κ2) is 15.4. The van der Waals surface area contributed by atoms with Gasteiger partial charge < -0.3 is 33.9 Å². The maximum Gasteiger partial charge on any atom is 0.209 e. The Kier molecular flexibility index (Phi) is 11.5. The van der Waals surface area contributed by atoms with Crippen molar-refractivity contribution < 1.29 is 32.1 Å². The number of methoxy groups -OCH3 is 3. The predicted octanol–water partition coefficient (Wildman–Crippen LogP) is 6.06. The van der Waals surface area contributed by atoms with Gasteiger partial charge in [-0.1, -0.05) is 35.9 Å². The molecule has 4 atom stereocenters. The van der Waals surface area contributed by atoms with E-state index in [0.29, 0.717) is 31.9 Å². The van der Waals surface area contributed by atoms with Crippen molar-refractivity contribution in [3.8, 4) is 11.5 Å². The Morgan fingerprint density at radius 2 is 1.77 bits per heavy atom. The minimum atomic E-state index is -3.97. The molecular weight excluding hydrogens is 616 g/mol. The first-order valence-corrected chi connectivity index (χ1v) is 18.0. The Labute approximate surface area is 280 Å². The predicted molar refractivity (Wildman–Crippen MR) is 184 cm³/mol. The molecule has 1 N–H and O–H groups in total. The lowest BCUT2D eigenvalue weighted by molar-refractivity contribution is -0.0260. The molecule has 0 bridgehead atoms. The summed E-state index contributed by atoms with van der Waals surface area (Å²) in [7, 11) is 1.12. The van der Waals surface area contributed by atoms with Gasteiger partial charge in [-0.3, -0.25) is 0 Å². The molecule has 10 heteroatoms. The molecule has 2 aliphatic heterocycles. The number of nitrogens with zero attached hydrogens (tertiary/aromatic N) is 1. The van der Waals surface area contributed by atoms with Crippen LogP contribution in [0.2, 0.25) is 0 Å². The van der Waals surface area contributed by atoms with Crippen molar-refractivity contribution >= 4 is 15.5 Å². The van der Waals surface area contributed by atoms with Crippen LogP contribution < -0.4 is 19.7 Å². The van der Waals surface area contributed by atoms with E-state index in [2.05, 4.69) is 36.2 Å². The molecule has 2 heterocycles. The van der Waals surface area contributed by atoms with Crippen LogP contribution in [0.15, 0.2) is 71.6 Å². The van der Waals surface area contributed by atoms with E-state index in [-0.39, 0.29) is 22.5 Å². The SMILES string of the molecule is COCCCN1CCOc2ccc(C(O[C@H]3CN[C@H](CC(C)(C)OC)C[C@@H]3c3ccc(OC)cc3)S(=O)(=O)c3ccc(C)cc3)cc21. The number of aryl methyl sites for hydroxylation is 1. The molecule has 0 aliphatic carbocycles. The first-order valence-electron chi connectivity index (χ1n) is 16.4. The van der Waals surface area contributed by atoms with E-state index < -0.39 is 21.4 Å². The van der Waals surface area contributed by atoms with Crippen molar-refractivity contribution in [1.82, 2.24) is 5.32 Å². The van der Waals surface area contributed by atoms with Crippen LogP contribution in [0.3, 0.4) is 0 Å². The number of benzene rings is 3. The summed E-state index contributed by atoms with van der Waals surface area (Å²) in [6.45, 7) is 9.29. The Hall–Kier alpha value is -3.15. The van der Waals surface area contributed by atoms with Gasteiger partial charge >= 0.3 is 0 Å². The molecule has 0 aromatic heterocycles. The Balaban J connectivity index is 1.53. The third-order valence-electron chi connectivity index (χ3n) is 9.35. The molecule has 2 aliphatic rings. The molecule has 5 rings (SSSR count). The highest BCUT2D eigenvalue weighted by atomic mass is 32.2. The molecule has 1 unspecified atom stereocenters. The van der Waals surface area contributed by atoms with Gasteiger partial charge in [0.1, 0.15) is 18.1 Å². The van der Waals surface area contributed by atoms with E-state index in [0.717, 1.165) is 54.1 Å². The Morgan fingerprint density at radius 1 is 1.02 bits per heavy atom. The van der Waals surface area contributed by atoms with E-state index in [1.165, 1.54) is 0 Å². The van der Waals surface area contributed by atoms with Crippen molar-refractivity contribution in [1.29, 1.82) is 0 Å². The molecule has 9 nitrogen and oxygen atoms in total. The number of hydrogen-bond donors (Lipinski definition) is 1. The lowest BCUT2D eigenvalue weighted by atomic mass is 9.81. The van der Waals surface area contributed by atoms with E-state index in [1.54, 1.807) is 33.5 Å². The third-order valence-corrected chi connectivity index (χ3v) is 11.2. The van der Waals surface area contributed by atoms with Crippen LogP contribution in [0.1, 0.15) is 61.2 Å². The quantitative estimate of drug-likeness (QED) is 0.206. The largest absolute Gasteiger partial charge is 0.497 e. The van der Waals surface area contributed by atoms with Gasteiger partial charge in [0.25, 0.3) is 0 Å². The second-order valence-corrected chi connectivity index (χ2v) is 15.2. The zero-order valence-corrected chi connectivity index (χ0v) is 29.3. The fourth-order valence-corrected chi connectivity index (χ4v) is 8.11. The monoisotopic (exact) mass is 666 g/mol. The van der Waals surface area contributed by atoms with Gasteiger partial charge in [-0.25, -0.2) is 8.42 Å². The Bertz CT molecular complexity index is 1560. The lowest BCUT2D eigenvalue weighted by Gasteiger charge is -2.41. The first-order chi connectivity index (χ1) is 22.5. The maximum atomic E-state index is 14.6. The van der Waals surface area contributed by atoms with E-state index in [1.807, 2.05) is 49.4 Å². The smallest absolute Gasteiger partial charge is 0.209 e. The zero-order chi connectivity index (χ0) is 33.6. The van der Waals surface area contributed by atoms with E-state index in [4.69, 9.17) is 23.7 Å². The van der Waals surface area contributed by atoms with E-state index >= 15 is 0 Å². The van der Waals surface area contributed by atoms with Gasteiger partial charge in [-0.05, 0) is 87.6 Å². The summed E-state index contributed by atoms with van der Waals surface area (Å²) >= 11 is 0. The number of hydrogen-bond acceptors (Lipinski definition) is 9. The minimum absolute atomic E-state index is 0.0676. The van der Waals surface area contributed by atoms with Crippen molar-refractivity contribution in [2.24, 2.45) is 0 Å². The molecule has 1 fully saturated rings. The number of rotatable bonds is 14. The molecule has 0 amide bonds. The summed E-state index contributed by atoms with van der Waals surface area (Å²) in [6.07, 6.45) is 1.98. The minimum Gasteiger partial charge on any atom is -0.497 e. The van der Waals surface area contributed by atoms with Crippen LogP contribution >= 0.6 is 0 Å². The van der Waals surface area contributed by atoms with Crippen LogP contribution in [-0.4, -0.2) is 80.3 Å². The topological polar surface area (TPSA) is 95.6 Å². The average molecular weight is 667 g/mol. The molecule has 0 spiro atoms. The molecule has 1 saturated heterocycles. The third kappa shape index (κ3) is 8.48. The molecule has 0 saturated carbocycles. The number of fused-ring (bicyclic) bond motifs is 1. The summed E-state index contributed by atoms with van der Waals surface area (Å²) in [4.78, 5) is 2.46. The average Bonchev–Trinajstić information content (AvgIpc) is 3.07. The van der Waals surface area contributed by atoms with Crippen molar-refractivity contribution in [2.45, 2.75) is 74.0 Å². The molecular formula is C37H50N2O7S. The highest BCUT2D eigenvalue weighted by Crippen LogP contribution is 2.42. The van der Waals surface area contributed by atoms with Gasteiger partial charge in [-0.2, -0.15) is 0 Å². The standard InChI is InChI=1S/C37H50N2O7S/c1-26-8-15-31(16-9-26)47(40,41)36(28-12-17-34-33(22-28)39(19-21-45-34)18-7-20-42-4)46-35-25-38-29(24-37(2,3)44-6)23-32(35)27-10-13-30(43-5)14-11-27/h8-17,22,29,32,35-36,38H,7,18-21,23-25H2,1-6H3/t29-,32+,35-,36?/m0/s1. The van der Waals surface area contributed by atoms with Gasteiger partial charge in [0.15, 0.2) is 5.44 Å². The van der Waals surface area contributed by atoms with E-state index in [9.17, 15) is 8.42 Å². The van der Waals surface area contributed by atoms with Crippen molar-refractivity contribution in [3.05, 3.63) is 83.4 Å². The van der Waals surface area contributed by atoms with Crippen LogP contribution in [0.5, 0.6) is 11.5 Å². The second-order valence-electron chi connectivity index (χ2n) is 13.2. The summed E-state index contributed by atoms with van der Waals surface area (Å²) in [5.41, 5.74) is 1.95. The van der Waals surface area contributed by atoms with Crippen molar-refractivity contribution in [3.63, 3.8) is 0 Å². The highest BCUT2D eigenvalue weighted by Gasteiger charge is 2.40. The molecule has 47 heavy (non-hydrogen) atoms. The van der Waals surface area contributed by atoms with Gasteiger partial charge in [-0.15, -0.1) is 0 Å². The number of piperidine rings is 1. The fraction of sp³-hybridized carbons (Fsp3) is 0.514. The Morgan fingerprint density at radius 3 is 2.45 bits per heavy atom. The first kappa shape index (κ1) is 35.2. The van der Waals surface area contributed by atoms with Crippen molar-refractivity contribution in [2.75, 3.05) is 59.1 Å². The highest BCUT2D eigenvalue weighted by molar-refractivity contribution is 7.91. The normalized spacial score (nSPS) is 20.7. The van der Waals surface area contributed by atoms with Crippen LogP contribution in [-0.2, 0) is 24.0 Å². The van der Waals surface area contributed by atoms with Crippen LogP contribution in [0, 0.1) is 6.92 Å². The number of anilines is 1. The molecule has 3 aromatic rings. The lowest BCUT2D eigenvalue weighted by Crippen LogP contribution is -2.50. The van der Waals surface area contributed by atoms with Gasteiger partial charge in [0, 0.05) is 45.9 Å². The fourth-order valence-electron chi connectivity index (χ4n) is 6.55. The number of ether oxygens (including phenoxy) is 5. The van der Waals surface area contributed by atoms with Crippen LogP contribution in [0.25, 0.3) is 0 Å². The molecule has 0 radical (unpaired) electrons. The van der Waals surface area contributed by atoms with Gasteiger partial charge in [0.05, 0.1) is 35.9 Å². The summed E-state index contributed by atoms with van der Waals surface area (Å²) in [6, 6.07) is 20.8. The maximum absolute atomic E-state index is 14.6. The van der Waals surface area contributed by atoms with Gasteiger partial charge in [0.2, 0.25) is 9.84 Å². The molecule has 256 valence electrons. The number of sulfone groups is 1. The summed E-state index contributed by atoms with van der Waals surface area (Å²) in [5.74, 6) is 1.44. The van der Waals surface area contributed by atoms with Crippen LogP contribution in [0.4, 0.5) is 5.69 Å². The summed E-state index contributed by atoms with van der Waals surface area (Å²) < 4.78 is 58.5. The summed E-state index contributed by atoms with van der Waals surface area (Å²) in [5, 5.41) is 3.66. The zero-order valence-electron chi connectivity index (χ0n) is 28.5.